The van der Waals surface area contributed by atoms with Gasteiger partial charge >= 0.3 is 0 Å². The third-order valence-electron chi connectivity index (χ3n) is 5.07. The Balaban J connectivity index is 1.79. The summed E-state index contributed by atoms with van der Waals surface area (Å²) in [5.74, 6) is 1.10. The number of oxazole rings is 1. The van der Waals surface area contributed by atoms with Gasteiger partial charge in [0.2, 0.25) is 5.89 Å². The van der Waals surface area contributed by atoms with Crippen molar-refractivity contribution in [3.05, 3.63) is 84.6 Å². The second kappa shape index (κ2) is 8.23. The Bertz CT molecular complexity index is 858. The number of benzene rings is 1. The van der Waals surface area contributed by atoms with Gasteiger partial charge in [0.25, 0.3) is 0 Å². The quantitative estimate of drug-likeness (QED) is 0.570. The fraction of sp³-hybridized carbons (Fsp3) is 0.292. The van der Waals surface area contributed by atoms with Crippen molar-refractivity contribution in [1.82, 2.24) is 4.98 Å². The molecule has 2 unspecified atom stereocenters. The molecule has 3 atom stereocenters. The van der Waals surface area contributed by atoms with Crippen molar-refractivity contribution in [2.75, 3.05) is 0 Å². The summed E-state index contributed by atoms with van der Waals surface area (Å²) in [5.41, 5.74) is 4.32. The smallest absolute Gasteiger partial charge is 0.227 e. The summed E-state index contributed by atoms with van der Waals surface area (Å²) in [6.45, 7) is 4.44. The zero-order valence-electron chi connectivity index (χ0n) is 16.0. The van der Waals surface area contributed by atoms with Crippen LogP contribution in [0.25, 0.3) is 11.5 Å². The molecule has 3 heteroatoms. The van der Waals surface area contributed by atoms with Gasteiger partial charge in [0, 0.05) is 16.9 Å². The molecule has 2 nitrogen and oxygen atoms in total. The van der Waals surface area contributed by atoms with E-state index in [1.807, 2.05) is 18.2 Å². The van der Waals surface area contributed by atoms with Crippen LogP contribution in [0.4, 0.5) is 0 Å². The van der Waals surface area contributed by atoms with Crippen molar-refractivity contribution < 1.29 is 4.42 Å². The molecule has 27 heavy (non-hydrogen) atoms. The molecule has 4 rings (SSSR count). The van der Waals surface area contributed by atoms with Gasteiger partial charge < -0.3 is 4.42 Å². The van der Waals surface area contributed by atoms with Crippen molar-refractivity contribution >= 4 is 13.4 Å². The van der Waals surface area contributed by atoms with Crippen molar-refractivity contribution in [1.29, 1.82) is 0 Å². The highest BCUT2D eigenvalue weighted by molar-refractivity contribution is 7.67. The first-order chi connectivity index (χ1) is 13.2. The van der Waals surface area contributed by atoms with Crippen LogP contribution in [0.2, 0.25) is 0 Å². The highest BCUT2D eigenvalue weighted by atomic mass is 31.1. The molecule has 0 fully saturated rings. The fourth-order valence-corrected chi connectivity index (χ4v) is 6.81. The largest absolute Gasteiger partial charge is 0.436 e. The first-order valence-electron chi connectivity index (χ1n) is 9.75. The zero-order chi connectivity index (χ0) is 18.6. The third kappa shape index (κ3) is 3.92. The topological polar surface area (TPSA) is 26.0 Å². The lowest BCUT2D eigenvalue weighted by Crippen LogP contribution is -2.23. The second-order valence-electron chi connectivity index (χ2n) is 7.37. The van der Waals surface area contributed by atoms with Gasteiger partial charge in [-0.2, -0.15) is 0 Å². The standard InChI is InChI=1S/C24H26NOP/c1-18(2)22-24(26-23(25-22)19-12-6-3-7-13-19)27(20-14-8-4-9-15-20)21-16-10-5-11-17-21/h3-14,16,18,20-21H,15,17H2,1-2H3/t20-,21?,27?/m1/s1. The lowest BCUT2D eigenvalue weighted by atomic mass is 10.1. The van der Waals surface area contributed by atoms with Crippen LogP contribution in [0.15, 0.2) is 83.4 Å². The normalized spacial score (nSPS) is 22.5. The first kappa shape index (κ1) is 18.2. The molecular weight excluding hydrogens is 349 g/mol. The van der Waals surface area contributed by atoms with E-state index in [0.717, 1.165) is 35.5 Å². The maximum Gasteiger partial charge on any atom is 0.227 e. The minimum atomic E-state index is -0.520. The van der Waals surface area contributed by atoms with Crippen molar-refractivity contribution in [2.24, 2.45) is 0 Å². The molecule has 138 valence electrons. The minimum Gasteiger partial charge on any atom is -0.436 e. The van der Waals surface area contributed by atoms with Gasteiger partial charge in [0.15, 0.2) is 5.50 Å². The molecule has 2 aromatic rings. The SMILES string of the molecule is CC(C)c1nc(-c2ccccc2)oc1P(C1C=CC=CC1)[C@@H]1C=CC=CC1. The average Bonchev–Trinajstić information content (AvgIpc) is 3.16. The van der Waals surface area contributed by atoms with E-state index in [0.29, 0.717) is 17.2 Å². The molecule has 0 amide bonds. The maximum atomic E-state index is 6.53. The number of hydrogen-bond acceptors (Lipinski definition) is 2. The van der Waals surface area contributed by atoms with Gasteiger partial charge in [0.1, 0.15) is 0 Å². The van der Waals surface area contributed by atoms with Crippen LogP contribution in [0.1, 0.15) is 38.3 Å². The summed E-state index contributed by atoms with van der Waals surface area (Å²) in [5, 5.41) is 0. The Labute approximate surface area is 163 Å². The molecule has 1 heterocycles. The summed E-state index contributed by atoms with van der Waals surface area (Å²) in [7, 11) is -0.520. The van der Waals surface area contributed by atoms with Crippen molar-refractivity contribution in [3.8, 4) is 11.5 Å². The van der Waals surface area contributed by atoms with Crippen molar-refractivity contribution in [3.63, 3.8) is 0 Å². The van der Waals surface area contributed by atoms with Gasteiger partial charge in [0.05, 0.1) is 5.69 Å². The predicted octanol–water partition coefficient (Wildman–Crippen LogP) is 6.34. The van der Waals surface area contributed by atoms with E-state index >= 15 is 0 Å². The summed E-state index contributed by atoms with van der Waals surface area (Å²) in [6, 6.07) is 10.3. The van der Waals surface area contributed by atoms with E-state index in [-0.39, 0.29) is 0 Å². The fourth-order valence-electron chi connectivity index (χ4n) is 3.68. The van der Waals surface area contributed by atoms with E-state index in [2.05, 4.69) is 74.6 Å². The van der Waals surface area contributed by atoms with E-state index < -0.39 is 7.92 Å². The van der Waals surface area contributed by atoms with E-state index in [1.165, 1.54) is 0 Å². The number of allylic oxidation sites excluding steroid dienone is 8. The van der Waals surface area contributed by atoms with E-state index in [4.69, 9.17) is 9.40 Å². The average molecular weight is 375 g/mol. The lowest BCUT2D eigenvalue weighted by molar-refractivity contribution is 0.604. The number of nitrogens with zero attached hydrogens (tertiary/aromatic N) is 1. The van der Waals surface area contributed by atoms with Gasteiger partial charge in [-0.15, -0.1) is 0 Å². The molecule has 0 N–H and O–H groups in total. The molecule has 2 aliphatic rings. The predicted molar refractivity (Wildman–Crippen MR) is 116 cm³/mol. The molecule has 0 saturated carbocycles. The number of hydrogen-bond donors (Lipinski definition) is 0. The van der Waals surface area contributed by atoms with E-state index in [1.54, 1.807) is 0 Å². The van der Waals surface area contributed by atoms with Crippen LogP contribution in [0.3, 0.4) is 0 Å². The van der Waals surface area contributed by atoms with Gasteiger partial charge in [-0.05, 0) is 38.8 Å². The Kier molecular flexibility index (Phi) is 5.55. The van der Waals surface area contributed by atoms with Crippen LogP contribution in [-0.4, -0.2) is 16.3 Å². The Hall–Kier alpha value is -2.18. The van der Waals surface area contributed by atoms with Crippen molar-refractivity contribution in [2.45, 2.75) is 43.9 Å². The van der Waals surface area contributed by atoms with Crippen LogP contribution < -0.4 is 5.50 Å². The van der Waals surface area contributed by atoms with Gasteiger partial charge in [-0.25, -0.2) is 4.98 Å². The third-order valence-corrected chi connectivity index (χ3v) is 8.05. The highest BCUT2D eigenvalue weighted by Gasteiger charge is 2.34. The molecule has 2 aliphatic carbocycles. The van der Waals surface area contributed by atoms with Gasteiger partial charge in [-0.3, -0.25) is 0 Å². The second-order valence-corrected chi connectivity index (χ2v) is 9.92. The summed E-state index contributed by atoms with van der Waals surface area (Å²) < 4.78 is 6.53. The molecule has 0 spiro atoms. The summed E-state index contributed by atoms with van der Waals surface area (Å²) in [6.07, 6.45) is 20.1. The monoisotopic (exact) mass is 375 g/mol. The zero-order valence-corrected chi connectivity index (χ0v) is 16.8. The number of aromatic nitrogens is 1. The lowest BCUT2D eigenvalue weighted by Gasteiger charge is -2.31. The summed E-state index contributed by atoms with van der Waals surface area (Å²) >= 11 is 0. The first-order valence-corrected chi connectivity index (χ1v) is 11.2. The Morgan fingerprint density at radius 2 is 1.56 bits per heavy atom. The minimum absolute atomic E-state index is 0.345. The van der Waals surface area contributed by atoms with E-state index in [9.17, 15) is 0 Å². The maximum absolute atomic E-state index is 6.53. The van der Waals surface area contributed by atoms with Crippen LogP contribution in [0.5, 0.6) is 0 Å². The molecule has 0 aliphatic heterocycles. The Morgan fingerprint density at radius 3 is 2.07 bits per heavy atom. The Morgan fingerprint density at radius 1 is 0.926 bits per heavy atom. The van der Waals surface area contributed by atoms with Crippen LogP contribution in [0, 0.1) is 0 Å². The molecule has 1 aromatic carbocycles. The molecule has 0 saturated heterocycles. The number of rotatable bonds is 5. The molecule has 0 radical (unpaired) electrons. The molecule has 1 aromatic heterocycles. The van der Waals surface area contributed by atoms with Crippen LogP contribution in [-0.2, 0) is 0 Å². The highest BCUT2D eigenvalue weighted by Crippen LogP contribution is 2.52. The summed E-state index contributed by atoms with van der Waals surface area (Å²) in [4.78, 5) is 4.96. The van der Waals surface area contributed by atoms with Gasteiger partial charge in [-0.1, -0.05) is 80.7 Å². The molecular formula is C24H26NOP. The van der Waals surface area contributed by atoms with Crippen LogP contribution >= 0.6 is 7.92 Å². The molecule has 0 bridgehead atoms.